The first-order valence-corrected chi connectivity index (χ1v) is 7.10. The van der Waals surface area contributed by atoms with Crippen LogP contribution >= 0.6 is 0 Å². The Morgan fingerprint density at radius 2 is 1.71 bits per heavy atom. The highest BCUT2D eigenvalue weighted by Gasteiger charge is 2.15. The summed E-state index contributed by atoms with van der Waals surface area (Å²) in [5, 5.41) is 0. The highest BCUT2D eigenvalue weighted by atomic mass is 32.2. The number of benzene rings is 1. The van der Waals surface area contributed by atoms with Gasteiger partial charge in [0.15, 0.2) is 0 Å². The lowest BCUT2D eigenvalue weighted by molar-refractivity contribution is 0.480. The van der Waals surface area contributed by atoms with Crippen molar-refractivity contribution in [1.82, 2.24) is 4.72 Å². The molecule has 0 atom stereocenters. The van der Waals surface area contributed by atoms with Crippen LogP contribution in [0.5, 0.6) is 0 Å². The molecule has 0 aliphatic rings. The maximum Gasteiger partial charge on any atom is 0.240 e. The third-order valence-electron chi connectivity index (χ3n) is 2.32. The Kier molecular flexibility index (Phi) is 4.33. The number of sulfonamides is 1. The van der Waals surface area contributed by atoms with Gasteiger partial charge in [0, 0.05) is 6.54 Å². The highest BCUT2D eigenvalue weighted by Crippen LogP contribution is 2.17. The van der Waals surface area contributed by atoms with E-state index in [-0.39, 0.29) is 5.41 Å². The Labute approximate surface area is 104 Å². The van der Waals surface area contributed by atoms with Crippen LogP contribution in [0.4, 0.5) is 0 Å². The molecule has 1 radical (unpaired) electrons. The van der Waals surface area contributed by atoms with Gasteiger partial charge in [0.1, 0.15) is 0 Å². The number of rotatable bonds is 4. The Balaban J connectivity index is 2.66. The van der Waals surface area contributed by atoms with Crippen molar-refractivity contribution in [2.45, 2.75) is 32.6 Å². The zero-order valence-electron chi connectivity index (χ0n) is 10.8. The molecule has 0 unspecified atom stereocenters. The van der Waals surface area contributed by atoms with E-state index in [1.807, 2.05) is 34.1 Å². The second-order valence-corrected chi connectivity index (χ2v) is 7.00. The van der Waals surface area contributed by atoms with Gasteiger partial charge < -0.3 is 0 Å². The second kappa shape index (κ2) is 5.19. The van der Waals surface area contributed by atoms with Crippen LogP contribution in [0.2, 0.25) is 0 Å². The molecule has 0 saturated carbocycles. The number of aryl methyl sites for hydroxylation is 1. The summed E-state index contributed by atoms with van der Waals surface area (Å²) in [6.45, 7) is 8.38. The smallest absolute Gasteiger partial charge is 0.211 e. The van der Waals surface area contributed by atoms with Crippen molar-refractivity contribution in [3.8, 4) is 0 Å². The normalized spacial score (nSPS) is 12.7. The van der Waals surface area contributed by atoms with Crippen molar-refractivity contribution < 1.29 is 8.42 Å². The summed E-state index contributed by atoms with van der Waals surface area (Å²) in [4.78, 5) is 0.311. The third-order valence-corrected chi connectivity index (χ3v) is 3.76. The van der Waals surface area contributed by atoms with Crippen LogP contribution in [0.25, 0.3) is 0 Å². The van der Waals surface area contributed by atoms with Crippen LogP contribution in [0.15, 0.2) is 29.2 Å². The zero-order chi connectivity index (χ0) is 13.1. The molecular formula is C13H20NO2S. The number of hydrogen-bond acceptors (Lipinski definition) is 2. The van der Waals surface area contributed by atoms with E-state index in [1.54, 1.807) is 24.3 Å². The monoisotopic (exact) mass is 254 g/mol. The molecule has 0 aliphatic carbocycles. The van der Waals surface area contributed by atoms with Crippen LogP contribution in [0.1, 0.15) is 26.3 Å². The SMILES string of the molecule is Cc1ccc(S(=O)(=O)NC[CH]C(C)(C)C)cc1. The van der Waals surface area contributed by atoms with Gasteiger partial charge in [-0.25, -0.2) is 13.1 Å². The fraction of sp³-hybridized carbons (Fsp3) is 0.462. The van der Waals surface area contributed by atoms with Crippen LogP contribution in [-0.2, 0) is 10.0 Å². The Morgan fingerprint density at radius 3 is 2.18 bits per heavy atom. The first-order chi connectivity index (χ1) is 7.71. The standard InChI is InChI=1S/C13H20NO2S/c1-11-5-7-12(8-6-11)17(15,16)14-10-9-13(2,3)4/h5-9,14H,10H2,1-4H3. The van der Waals surface area contributed by atoms with E-state index >= 15 is 0 Å². The predicted octanol–water partition coefficient (Wildman–Crippen LogP) is 2.52. The molecular weight excluding hydrogens is 234 g/mol. The maximum atomic E-state index is 11.9. The lowest BCUT2D eigenvalue weighted by Gasteiger charge is -2.17. The molecule has 0 fully saturated rings. The minimum Gasteiger partial charge on any atom is -0.211 e. The van der Waals surface area contributed by atoms with Crippen LogP contribution in [-0.4, -0.2) is 15.0 Å². The van der Waals surface area contributed by atoms with E-state index in [9.17, 15) is 8.42 Å². The van der Waals surface area contributed by atoms with Crippen molar-refractivity contribution in [2.24, 2.45) is 5.41 Å². The topological polar surface area (TPSA) is 46.2 Å². The minimum absolute atomic E-state index is 0.00972. The van der Waals surface area contributed by atoms with Gasteiger partial charge >= 0.3 is 0 Å². The summed E-state index contributed by atoms with van der Waals surface area (Å²) in [6.07, 6.45) is 1.94. The summed E-state index contributed by atoms with van der Waals surface area (Å²) < 4.78 is 26.4. The molecule has 1 rings (SSSR count). The molecule has 0 aliphatic heterocycles. The Hall–Kier alpha value is -0.870. The second-order valence-electron chi connectivity index (χ2n) is 5.24. The molecule has 0 saturated heterocycles. The van der Waals surface area contributed by atoms with Crippen LogP contribution < -0.4 is 4.72 Å². The van der Waals surface area contributed by atoms with Gasteiger partial charge in [-0.3, -0.25) is 0 Å². The summed E-state index contributed by atoms with van der Waals surface area (Å²) in [6, 6.07) is 6.83. The van der Waals surface area contributed by atoms with Gasteiger partial charge in [0.25, 0.3) is 0 Å². The summed E-state index contributed by atoms with van der Waals surface area (Å²) in [5.41, 5.74) is 1.06. The molecule has 1 aromatic carbocycles. The van der Waals surface area contributed by atoms with Crippen LogP contribution in [0.3, 0.4) is 0 Å². The Morgan fingerprint density at radius 1 is 1.18 bits per heavy atom. The third kappa shape index (κ3) is 4.88. The minimum atomic E-state index is -3.38. The van der Waals surface area contributed by atoms with Gasteiger partial charge in [-0.05, 0) is 30.9 Å². The van der Waals surface area contributed by atoms with Crippen LogP contribution in [0, 0.1) is 18.8 Å². The molecule has 0 spiro atoms. The maximum absolute atomic E-state index is 11.9. The largest absolute Gasteiger partial charge is 0.240 e. The van der Waals surface area contributed by atoms with Gasteiger partial charge in [0.2, 0.25) is 10.0 Å². The highest BCUT2D eigenvalue weighted by molar-refractivity contribution is 7.89. The molecule has 4 heteroatoms. The Bertz CT molecular complexity index is 455. The van der Waals surface area contributed by atoms with E-state index in [2.05, 4.69) is 4.72 Å². The van der Waals surface area contributed by atoms with E-state index in [0.29, 0.717) is 11.4 Å². The molecule has 0 amide bonds. The summed E-state index contributed by atoms with van der Waals surface area (Å²) >= 11 is 0. The van der Waals surface area contributed by atoms with Crippen molar-refractivity contribution in [3.05, 3.63) is 36.2 Å². The average Bonchev–Trinajstić information content (AvgIpc) is 2.15. The van der Waals surface area contributed by atoms with Crippen molar-refractivity contribution in [1.29, 1.82) is 0 Å². The lowest BCUT2D eigenvalue weighted by Crippen LogP contribution is -2.27. The molecule has 1 N–H and O–H groups in total. The van der Waals surface area contributed by atoms with E-state index in [4.69, 9.17) is 0 Å². The summed E-state index contributed by atoms with van der Waals surface area (Å²) in [5.74, 6) is 0. The van der Waals surface area contributed by atoms with E-state index < -0.39 is 10.0 Å². The molecule has 1 aromatic rings. The molecule has 3 nitrogen and oxygen atoms in total. The van der Waals surface area contributed by atoms with Crippen molar-refractivity contribution >= 4 is 10.0 Å². The van der Waals surface area contributed by atoms with E-state index in [0.717, 1.165) is 5.56 Å². The molecule has 0 heterocycles. The van der Waals surface area contributed by atoms with Gasteiger partial charge in [-0.1, -0.05) is 38.5 Å². The van der Waals surface area contributed by atoms with Gasteiger partial charge in [-0.15, -0.1) is 0 Å². The predicted molar refractivity (Wildman–Crippen MR) is 70.1 cm³/mol. The molecule has 17 heavy (non-hydrogen) atoms. The molecule has 0 aromatic heterocycles. The number of hydrogen-bond donors (Lipinski definition) is 1. The van der Waals surface area contributed by atoms with Gasteiger partial charge in [0.05, 0.1) is 4.90 Å². The molecule has 0 bridgehead atoms. The number of nitrogens with one attached hydrogen (secondary N) is 1. The average molecular weight is 254 g/mol. The fourth-order valence-corrected chi connectivity index (χ4v) is 2.22. The van der Waals surface area contributed by atoms with Gasteiger partial charge in [-0.2, -0.15) is 0 Å². The molecule has 95 valence electrons. The summed E-state index contributed by atoms with van der Waals surface area (Å²) in [7, 11) is -3.38. The van der Waals surface area contributed by atoms with Crippen molar-refractivity contribution in [3.63, 3.8) is 0 Å². The quantitative estimate of drug-likeness (QED) is 0.897. The van der Waals surface area contributed by atoms with E-state index in [1.165, 1.54) is 0 Å². The first-order valence-electron chi connectivity index (χ1n) is 5.61. The van der Waals surface area contributed by atoms with Crippen molar-refractivity contribution in [2.75, 3.05) is 6.54 Å². The zero-order valence-corrected chi connectivity index (χ0v) is 11.6. The fourth-order valence-electron chi connectivity index (χ4n) is 1.26. The first kappa shape index (κ1) is 14.2. The lowest BCUT2D eigenvalue weighted by atomic mass is 9.93.